The number of allylic oxidation sites excluding steroid dienone is 5. The summed E-state index contributed by atoms with van der Waals surface area (Å²) in [6, 6.07) is 55.9. The van der Waals surface area contributed by atoms with Crippen molar-refractivity contribution in [1.29, 1.82) is 0 Å². The minimum atomic E-state index is 0.282. The summed E-state index contributed by atoms with van der Waals surface area (Å²) < 4.78 is 0. The molecular weight excluding hydrogens is 577 g/mol. The topological polar surface area (TPSA) is 0 Å². The van der Waals surface area contributed by atoms with Gasteiger partial charge in [0.1, 0.15) is 0 Å². The Morgan fingerprint density at radius 3 is 1.31 bits per heavy atom. The lowest BCUT2D eigenvalue weighted by molar-refractivity contribution is 0.715. The third kappa shape index (κ3) is 4.03. The van der Waals surface area contributed by atoms with Gasteiger partial charge in [0.25, 0.3) is 0 Å². The van der Waals surface area contributed by atoms with Gasteiger partial charge in [-0.1, -0.05) is 176 Å². The van der Waals surface area contributed by atoms with Crippen LogP contribution in [0.25, 0.3) is 77.0 Å². The van der Waals surface area contributed by atoms with Gasteiger partial charge in [-0.15, -0.1) is 0 Å². The van der Waals surface area contributed by atoms with Crippen molar-refractivity contribution >= 4 is 54.7 Å². The molecule has 0 heterocycles. The molecule has 2 aliphatic carbocycles. The Kier molecular flexibility index (Phi) is 6.11. The average Bonchev–Trinajstić information content (AvgIpc) is 3.17. The van der Waals surface area contributed by atoms with Gasteiger partial charge in [0, 0.05) is 11.8 Å². The highest BCUT2D eigenvalue weighted by atomic mass is 14.4. The molecule has 0 saturated carbocycles. The molecule has 0 aliphatic heterocycles. The summed E-state index contributed by atoms with van der Waals surface area (Å²) in [5.74, 6) is 0.572. The van der Waals surface area contributed by atoms with Gasteiger partial charge in [0.2, 0.25) is 0 Å². The molecule has 8 aromatic rings. The first-order chi connectivity index (χ1) is 23.8. The lowest BCUT2D eigenvalue weighted by atomic mass is 9.69. The Morgan fingerprint density at radius 1 is 0.312 bits per heavy atom. The van der Waals surface area contributed by atoms with Crippen molar-refractivity contribution in [3.8, 4) is 22.3 Å². The van der Waals surface area contributed by atoms with E-state index in [1.165, 1.54) is 87.6 Å². The molecule has 224 valence electrons. The number of benzene rings is 8. The largest absolute Gasteiger partial charge is 0.0761 e. The summed E-state index contributed by atoms with van der Waals surface area (Å²) >= 11 is 0. The predicted molar refractivity (Wildman–Crippen MR) is 206 cm³/mol. The average molecular weight is 609 g/mol. The monoisotopic (exact) mass is 608 g/mol. The van der Waals surface area contributed by atoms with E-state index in [9.17, 15) is 0 Å². The summed E-state index contributed by atoms with van der Waals surface area (Å²) in [6.45, 7) is 0. The molecule has 0 amide bonds. The molecule has 0 nitrogen and oxygen atoms in total. The Hall–Kier alpha value is -5.98. The molecular formula is C48H32. The maximum Gasteiger partial charge on any atom is 0.0137 e. The Balaban J connectivity index is 1.18. The zero-order valence-corrected chi connectivity index (χ0v) is 26.5. The second-order valence-corrected chi connectivity index (χ2v) is 13.1. The molecule has 2 unspecified atom stereocenters. The van der Waals surface area contributed by atoms with Crippen molar-refractivity contribution in [2.75, 3.05) is 0 Å². The summed E-state index contributed by atoms with van der Waals surface area (Å²) in [4.78, 5) is 0. The lowest BCUT2D eigenvalue weighted by Gasteiger charge is -2.34. The molecule has 0 fully saturated rings. The molecule has 48 heavy (non-hydrogen) atoms. The molecule has 2 aliphatic rings. The fraction of sp³-hybridized carbons (Fsp3) is 0.0417. The smallest absolute Gasteiger partial charge is 0.0137 e. The molecule has 10 rings (SSSR count). The quantitative estimate of drug-likeness (QED) is 0.138. The SMILES string of the molecule is C1=CC2C(c3ccc(-c4c5ccccc5c(-c5ccccc5)c5ccccc45)cc3)=Cc3c(c4ccccc4c4ccccc34)C2C=C1. The van der Waals surface area contributed by atoms with Gasteiger partial charge in [-0.25, -0.2) is 0 Å². The molecule has 0 N–H and O–H groups in total. The maximum atomic E-state index is 2.49. The Labute approximate surface area is 280 Å². The molecule has 0 heteroatoms. The molecule has 0 radical (unpaired) electrons. The van der Waals surface area contributed by atoms with Crippen LogP contribution in [0.3, 0.4) is 0 Å². The molecule has 2 atom stereocenters. The zero-order chi connectivity index (χ0) is 31.6. The second kappa shape index (κ2) is 10.8. The first-order valence-electron chi connectivity index (χ1n) is 16.9. The van der Waals surface area contributed by atoms with Crippen molar-refractivity contribution in [3.63, 3.8) is 0 Å². The Bertz CT molecular complexity index is 2590. The van der Waals surface area contributed by atoms with Crippen LogP contribution in [0.1, 0.15) is 22.6 Å². The second-order valence-electron chi connectivity index (χ2n) is 13.1. The van der Waals surface area contributed by atoms with E-state index in [1.807, 2.05) is 0 Å². The van der Waals surface area contributed by atoms with Crippen molar-refractivity contribution in [2.45, 2.75) is 5.92 Å². The number of hydrogen-bond donors (Lipinski definition) is 0. The van der Waals surface area contributed by atoms with E-state index in [0.717, 1.165) is 0 Å². The van der Waals surface area contributed by atoms with E-state index in [2.05, 4.69) is 182 Å². The maximum absolute atomic E-state index is 2.49. The third-order valence-electron chi connectivity index (χ3n) is 10.6. The van der Waals surface area contributed by atoms with Crippen molar-refractivity contribution in [2.24, 2.45) is 5.92 Å². The molecule has 0 spiro atoms. The van der Waals surface area contributed by atoms with Crippen LogP contribution in [-0.4, -0.2) is 0 Å². The van der Waals surface area contributed by atoms with E-state index in [-0.39, 0.29) is 11.8 Å². The fourth-order valence-corrected chi connectivity index (χ4v) is 8.60. The van der Waals surface area contributed by atoms with Gasteiger partial charge in [0.05, 0.1) is 0 Å². The van der Waals surface area contributed by atoms with Crippen LogP contribution in [0.2, 0.25) is 0 Å². The van der Waals surface area contributed by atoms with Crippen LogP contribution < -0.4 is 0 Å². The van der Waals surface area contributed by atoms with Gasteiger partial charge < -0.3 is 0 Å². The van der Waals surface area contributed by atoms with Crippen molar-refractivity contribution in [3.05, 3.63) is 193 Å². The van der Waals surface area contributed by atoms with Crippen molar-refractivity contribution < 1.29 is 0 Å². The molecule has 8 aromatic carbocycles. The number of hydrogen-bond acceptors (Lipinski definition) is 0. The van der Waals surface area contributed by atoms with Gasteiger partial charge in [-0.05, 0) is 93.7 Å². The van der Waals surface area contributed by atoms with E-state index >= 15 is 0 Å². The third-order valence-corrected chi connectivity index (χ3v) is 10.6. The van der Waals surface area contributed by atoms with Crippen LogP contribution in [0.5, 0.6) is 0 Å². The summed E-state index contributed by atoms with van der Waals surface area (Å²) in [6.07, 6.45) is 11.8. The normalized spacial score (nSPS) is 16.7. The van der Waals surface area contributed by atoms with E-state index in [0.29, 0.717) is 0 Å². The first kappa shape index (κ1) is 27.2. The van der Waals surface area contributed by atoms with Crippen LogP contribution in [-0.2, 0) is 0 Å². The van der Waals surface area contributed by atoms with Crippen LogP contribution in [0.15, 0.2) is 176 Å². The summed E-state index contributed by atoms with van der Waals surface area (Å²) in [7, 11) is 0. The minimum absolute atomic E-state index is 0.282. The lowest BCUT2D eigenvalue weighted by Crippen LogP contribution is -2.18. The van der Waals surface area contributed by atoms with Crippen LogP contribution in [0.4, 0.5) is 0 Å². The van der Waals surface area contributed by atoms with Crippen molar-refractivity contribution in [1.82, 2.24) is 0 Å². The predicted octanol–water partition coefficient (Wildman–Crippen LogP) is 13.0. The van der Waals surface area contributed by atoms with Gasteiger partial charge in [-0.2, -0.15) is 0 Å². The highest BCUT2D eigenvalue weighted by Crippen LogP contribution is 2.51. The van der Waals surface area contributed by atoms with Gasteiger partial charge in [0.15, 0.2) is 0 Å². The molecule has 0 saturated heterocycles. The highest BCUT2D eigenvalue weighted by molar-refractivity contribution is 6.21. The molecule has 0 bridgehead atoms. The Morgan fingerprint density at radius 2 is 0.729 bits per heavy atom. The summed E-state index contributed by atoms with van der Waals surface area (Å²) in [5.41, 5.74) is 10.6. The van der Waals surface area contributed by atoms with E-state index < -0.39 is 0 Å². The standard InChI is InChI=1S/C48H32/c1-2-14-32(15-3-1)46-40-22-10-12-24-42(40)47(43-25-13-11-23-41(43)46)33-28-26-31(27-29-33)44-30-45-36-18-5-4-16-34(36)35-17-6-8-20-38(35)48(45)39-21-9-7-19-37(39)44/h1-30,37,39H. The van der Waals surface area contributed by atoms with Crippen LogP contribution in [0, 0.1) is 5.92 Å². The minimum Gasteiger partial charge on any atom is -0.0761 e. The first-order valence-corrected chi connectivity index (χ1v) is 16.9. The van der Waals surface area contributed by atoms with Gasteiger partial charge in [-0.3, -0.25) is 0 Å². The van der Waals surface area contributed by atoms with E-state index in [4.69, 9.17) is 0 Å². The zero-order valence-electron chi connectivity index (χ0n) is 26.5. The highest BCUT2D eigenvalue weighted by Gasteiger charge is 2.33. The van der Waals surface area contributed by atoms with E-state index in [1.54, 1.807) is 0 Å². The fourth-order valence-electron chi connectivity index (χ4n) is 8.60. The summed E-state index contributed by atoms with van der Waals surface area (Å²) in [5, 5.41) is 10.5. The number of fused-ring (bicyclic) bond motifs is 10. The van der Waals surface area contributed by atoms with Crippen LogP contribution >= 0.6 is 0 Å². The van der Waals surface area contributed by atoms with Gasteiger partial charge >= 0.3 is 0 Å². The molecule has 0 aromatic heterocycles. The number of rotatable bonds is 3.